The normalized spacial score (nSPS) is 10.1. The fourth-order valence-electron chi connectivity index (χ4n) is 1.30. The lowest BCUT2D eigenvalue weighted by atomic mass is 10.3. The molecule has 0 radical (unpaired) electrons. The van der Waals surface area contributed by atoms with E-state index in [0.29, 0.717) is 10.8 Å². The third-order valence-corrected chi connectivity index (χ3v) is 3.31. The summed E-state index contributed by atoms with van der Waals surface area (Å²) in [5.41, 5.74) is 0.742. The Morgan fingerprint density at radius 1 is 1.22 bits per heavy atom. The molecule has 0 saturated heterocycles. The molecule has 3 nitrogen and oxygen atoms in total. The van der Waals surface area contributed by atoms with Gasteiger partial charge in [0.25, 0.3) is 0 Å². The fraction of sp³-hybridized carbons (Fsp3) is 0.0769. The lowest BCUT2D eigenvalue weighted by Gasteiger charge is -2.04. The molecule has 0 aliphatic heterocycles. The van der Waals surface area contributed by atoms with Crippen molar-refractivity contribution in [3.05, 3.63) is 53.7 Å². The second-order valence-electron chi connectivity index (χ2n) is 3.51. The van der Waals surface area contributed by atoms with E-state index in [0.717, 1.165) is 10.7 Å². The summed E-state index contributed by atoms with van der Waals surface area (Å²) in [6, 6.07) is 12.6. The van der Waals surface area contributed by atoms with E-state index in [1.807, 2.05) is 18.2 Å². The number of amides is 1. The number of benzene rings is 1. The third-order valence-electron chi connectivity index (χ3n) is 2.12. The van der Waals surface area contributed by atoms with E-state index in [9.17, 15) is 4.79 Å². The van der Waals surface area contributed by atoms with Crippen LogP contribution in [0.15, 0.2) is 53.7 Å². The van der Waals surface area contributed by atoms with Crippen LogP contribution in [0.1, 0.15) is 0 Å². The molecule has 0 unspecified atom stereocenters. The lowest BCUT2D eigenvalue weighted by molar-refractivity contribution is -0.113. The first kappa shape index (κ1) is 12.9. The van der Waals surface area contributed by atoms with Gasteiger partial charge >= 0.3 is 0 Å². The highest BCUT2D eigenvalue weighted by Gasteiger charge is 2.03. The van der Waals surface area contributed by atoms with Crippen molar-refractivity contribution in [2.24, 2.45) is 0 Å². The molecule has 1 aromatic heterocycles. The quantitative estimate of drug-likeness (QED) is 0.871. The van der Waals surface area contributed by atoms with Crippen molar-refractivity contribution in [1.29, 1.82) is 0 Å². The first-order valence-corrected chi connectivity index (χ1v) is 6.69. The molecule has 1 heterocycles. The van der Waals surface area contributed by atoms with Crippen LogP contribution in [0.5, 0.6) is 0 Å². The summed E-state index contributed by atoms with van der Waals surface area (Å²) in [7, 11) is 0. The standard InChI is InChI=1S/C13H11ClN2OS/c14-10-4-6-11(7-5-10)16-12(17)9-18-13-3-1-2-8-15-13/h1-8H,9H2,(H,16,17). The molecule has 92 valence electrons. The van der Waals surface area contributed by atoms with Crippen molar-refractivity contribution >= 4 is 35.0 Å². The zero-order valence-electron chi connectivity index (χ0n) is 9.47. The van der Waals surface area contributed by atoms with Crippen molar-refractivity contribution in [2.45, 2.75) is 5.03 Å². The SMILES string of the molecule is O=C(CSc1ccccn1)Nc1ccc(Cl)cc1. The van der Waals surface area contributed by atoms with Crippen molar-refractivity contribution in [1.82, 2.24) is 4.98 Å². The number of nitrogens with zero attached hydrogens (tertiary/aromatic N) is 1. The minimum atomic E-state index is -0.0621. The van der Waals surface area contributed by atoms with Crippen molar-refractivity contribution < 1.29 is 4.79 Å². The fourth-order valence-corrected chi connectivity index (χ4v) is 2.09. The molecule has 5 heteroatoms. The Balaban J connectivity index is 1.84. The maximum absolute atomic E-state index is 11.7. The molecule has 18 heavy (non-hydrogen) atoms. The van der Waals surface area contributed by atoms with E-state index >= 15 is 0 Å². The topological polar surface area (TPSA) is 42.0 Å². The average Bonchev–Trinajstić information content (AvgIpc) is 2.40. The van der Waals surface area contributed by atoms with E-state index in [-0.39, 0.29) is 5.91 Å². The van der Waals surface area contributed by atoms with Gasteiger partial charge in [-0.05, 0) is 36.4 Å². The summed E-state index contributed by atoms with van der Waals surface area (Å²) in [5.74, 6) is 0.271. The highest BCUT2D eigenvalue weighted by molar-refractivity contribution is 7.99. The van der Waals surface area contributed by atoms with Crippen LogP contribution >= 0.6 is 23.4 Å². The van der Waals surface area contributed by atoms with Gasteiger partial charge in [-0.3, -0.25) is 4.79 Å². The molecule has 0 atom stereocenters. The molecule has 0 spiro atoms. The van der Waals surface area contributed by atoms with Crippen molar-refractivity contribution in [2.75, 3.05) is 11.1 Å². The molecule has 0 bridgehead atoms. The molecule has 1 amide bonds. The van der Waals surface area contributed by atoms with Crippen LogP contribution < -0.4 is 5.32 Å². The largest absolute Gasteiger partial charge is 0.325 e. The van der Waals surface area contributed by atoms with Gasteiger partial charge in [-0.2, -0.15) is 0 Å². The molecule has 1 aromatic carbocycles. The zero-order chi connectivity index (χ0) is 12.8. The van der Waals surface area contributed by atoms with Gasteiger partial charge in [0.15, 0.2) is 0 Å². The number of carbonyl (C=O) groups excluding carboxylic acids is 1. The highest BCUT2D eigenvalue weighted by Crippen LogP contribution is 2.16. The van der Waals surface area contributed by atoms with E-state index in [1.54, 1.807) is 30.5 Å². The monoisotopic (exact) mass is 278 g/mol. The van der Waals surface area contributed by atoms with Crippen LogP contribution in [0.2, 0.25) is 5.02 Å². The number of pyridine rings is 1. The van der Waals surface area contributed by atoms with Crippen LogP contribution in [-0.2, 0) is 4.79 Å². The Bertz CT molecular complexity index is 516. The van der Waals surface area contributed by atoms with Crippen LogP contribution in [0.25, 0.3) is 0 Å². The molecule has 0 aliphatic carbocycles. The predicted molar refractivity (Wildman–Crippen MR) is 75.0 cm³/mol. The predicted octanol–water partition coefficient (Wildman–Crippen LogP) is 3.47. The van der Waals surface area contributed by atoms with Gasteiger partial charge in [0.05, 0.1) is 10.8 Å². The maximum Gasteiger partial charge on any atom is 0.234 e. The summed E-state index contributed by atoms with van der Waals surface area (Å²) < 4.78 is 0. The van der Waals surface area contributed by atoms with Crippen molar-refractivity contribution in [3.8, 4) is 0 Å². The smallest absolute Gasteiger partial charge is 0.234 e. The summed E-state index contributed by atoms with van der Waals surface area (Å²) >= 11 is 7.17. The summed E-state index contributed by atoms with van der Waals surface area (Å²) in [6.07, 6.45) is 1.71. The number of hydrogen-bond acceptors (Lipinski definition) is 3. The van der Waals surface area contributed by atoms with Crippen LogP contribution in [0.4, 0.5) is 5.69 Å². The van der Waals surface area contributed by atoms with Gasteiger partial charge in [0.2, 0.25) is 5.91 Å². The molecule has 0 aliphatic rings. The summed E-state index contributed by atoms with van der Waals surface area (Å²) in [4.78, 5) is 15.8. The number of halogens is 1. The Morgan fingerprint density at radius 2 is 2.00 bits per heavy atom. The number of hydrogen-bond donors (Lipinski definition) is 1. The number of carbonyl (C=O) groups is 1. The molecule has 0 saturated carbocycles. The first-order valence-electron chi connectivity index (χ1n) is 5.33. The van der Waals surface area contributed by atoms with E-state index in [4.69, 9.17) is 11.6 Å². The molecular formula is C13H11ClN2OS. The summed E-state index contributed by atoms with van der Waals surface area (Å²) in [6.45, 7) is 0. The Hall–Kier alpha value is -1.52. The van der Waals surface area contributed by atoms with Gasteiger partial charge in [0, 0.05) is 16.9 Å². The molecule has 0 fully saturated rings. The second kappa shape index (κ2) is 6.42. The van der Waals surface area contributed by atoms with Crippen LogP contribution in [-0.4, -0.2) is 16.6 Å². The Morgan fingerprint density at radius 3 is 2.67 bits per heavy atom. The van der Waals surface area contributed by atoms with Gasteiger partial charge < -0.3 is 5.32 Å². The van der Waals surface area contributed by atoms with E-state index in [2.05, 4.69) is 10.3 Å². The average molecular weight is 279 g/mol. The molecule has 2 rings (SSSR count). The van der Waals surface area contributed by atoms with Gasteiger partial charge in [-0.1, -0.05) is 29.4 Å². The van der Waals surface area contributed by atoms with Crippen LogP contribution in [0.3, 0.4) is 0 Å². The summed E-state index contributed by atoms with van der Waals surface area (Å²) in [5, 5.41) is 4.28. The number of rotatable bonds is 4. The first-order chi connectivity index (χ1) is 8.74. The second-order valence-corrected chi connectivity index (χ2v) is 4.94. The van der Waals surface area contributed by atoms with Gasteiger partial charge in [0.1, 0.15) is 0 Å². The van der Waals surface area contributed by atoms with Crippen LogP contribution in [0, 0.1) is 0 Å². The highest BCUT2D eigenvalue weighted by atomic mass is 35.5. The van der Waals surface area contributed by atoms with Crippen molar-refractivity contribution in [3.63, 3.8) is 0 Å². The third kappa shape index (κ3) is 4.05. The maximum atomic E-state index is 11.7. The number of thioether (sulfide) groups is 1. The number of aromatic nitrogens is 1. The molecule has 2 aromatic rings. The van der Waals surface area contributed by atoms with Gasteiger partial charge in [-0.15, -0.1) is 0 Å². The van der Waals surface area contributed by atoms with Gasteiger partial charge in [-0.25, -0.2) is 4.98 Å². The number of anilines is 1. The zero-order valence-corrected chi connectivity index (χ0v) is 11.0. The minimum absolute atomic E-state index is 0.0621. The minimum Gasteiger partial charge on any atom is -0.325 e. The molecule has 1 N–H and O–H groups in total. The molecular weight excluding hydrogens is 268 g/mol. The number of nitrogens with one attached hydrogen (secondary N) is 1. The van der Waals surface area contributed by atoms with E-state index in [1.165, 1.54) is 11.8 Å². The Labute approximate surface area is 115 Å². The van der Waals surface area contributed by atoms with E-state index < -0.39 is 0 Å². The Kier molecular flexibility index (Phi) is 4.61. The lowest BCUT2D eigenvalue weighted by Crippen LogP contribution is -2.13.